The largest absolute Gasteiger partial charge is 0.496 e. The Bertz CT molecular complexity index is 1240. The molecule has 0 N–H and O–H groups in total. The lowest BCUT2D eigenvalue weighted by Gasteiger charge is -2.16. The molecule has 152 valence electrons. The Hall–Kier alpha value is -4.12. The molecule has 3 aromatic carbocycles. The number of pyridine rings is 1. The van der Waals surface area contributed by atoms with Gasteiger partial charge in [-0.05, 0) is 54.6 Å². The molecule has 0 saturated carbocycles. The van der Waals surface area contributed by atoms with Crippen LogP contribution in [0, 0.1) is 0 Å². The maximum Gasteiger partial charge on any atom is 0.259 e. The van der Waals surface area contributed by atoms with Gasteiger partial charge in [-0.3, -0.25) is 9.78 Å². The van der Waals surface area contributed by atoms with Crippen LogP contribution in [-0.2, 0) is 6.54 Å². The van der Waals surface area contributed by atoms with Crippen LogP contribution in [0.25, 0.3) is 11.3 Å². The molecule has 4 aromatic rings. The van der Waals surface area contributed by atoms with Crippen LogP contribution in [0.15, 0.2) is 91.1 Å². The molecule has 5 heteroatoms. The SMILES string of the molecule is COc1ccccc1-c1nccc2c1CN(c1ccc(Oc3ccccc3)cc1)C2=O. The van der Waals surface area contributed by atoms with Gasteiger partial charge in [-0.15, -0.1) is 0 Å². The Morgan fingerprint density at radius 1 is 0.806 bits per heavy atom. The molecule has 0 unspecified atom stereocenters. The van der Waals surface area contributed by atoms with Gasteiger partial charge in [-0.2, -0.15) is 0 Å². The Labute approximate surface area is 180 Å². The molecule has 0 saturated heterocycles. The first-order chi connectivity index (χ1) is 15.2. The minimum Gasteiger partial charge on any atom is -0.496 e. The van der Waals surface area contributed by atoms with Crippen LogP contribution >= 0.6 is 0 Å². The second-order valence-corrected chi connectivity index (χ2v) is 7.19. The third kappa shape index (κ3) is 3.51. The van der Waals surface area contributed by atoms with Crippen molar-refractivity contribution in [3.8, 4) is 28.5 Å². The molecular formula is C26H20N2O3. The van der Waals surface area contributed by atoms with Gasteiger partial charge in [0.1, 0.15) is 17.2 Å². The smallest absolute Gasteiger partial charge is 0.259 e. The lowest BCUT2D eigenvalue weighted by Crippen LogP contribution is -2.22. The summed E-state index contributed by atoms with van der Waals surface area (Å²) in [6.07, 6.45) is 1.68. The molecule has 5 rings (SSSR count). The number of carbonyl (C=O) groups excluding carboxylic acids is 1. The predicted molar refractivity (Wildman–Crippen MR) is 120 cm³/mol. The van der Waals surface area contributed by atoms with Crippen molar-refractivity contribution in [3.05, 3.63) is 102 Å². The molecule has 1 aliphatic heterocycles. The molecule has 2 heterocycles. The van der Waals surface area contributed by atoms with E-state index in [1.54, 1.807) is 24.3 Å². The van der Waals surface area contributed by atoms with Crippen molar-refractivity contribution in [2.75, 3.05) is 12.0 Å². The molecule has 31 heavy (non-hydrogen) atoms. The highest BCUT2D eigenvalue weighted by atomic mass is 16.5. The minimum absolute atomic E-state index is 0.0368. The second kappa shape index (κ2) is 7.95. The molecule has 5 nitrogen and oxygen atoms in total. The molecule has 0 aliphatic carbocycles. The monoisotopic (exact) mass is 408 g/mol. The van der Waals surface area contributed by atoms with Gasteiger partial charge in [0.05, 0.1) is 19.3 Å². The van der Waals surface area contributed by atoms with E-state index < -0.39 is 0 Å². The van der Waals surface area contributed by atoms with Gasteiger partial charge in [-0.25, -0.2) is 0 Å². The lowest BCUT2D eigenvalue weighted by molar-refractivity contribution is 0.0996. The van der Waals surface area contributed by atoms with Gasteiger partial charge < -0.3 is 14.4 Å². The van der Waals surface area contributed by atoms with Crippen LogP contribution in [0.1, 0.15) is 15.9 Å². The van der Waals surface area contributed by atoms with E-state index in [0.717, 1.165) is 39.8 Å². The maximum atomic E-state index is 13.1. The number of methoxy groups -OCH3 is 1. The number of anilines is 1. The van der Waals surface area contributed by atoms with E-state index in [9.17, 15) is 4.79 Å². The number of hydrogen-bond acceptors (Lipinski definition) is 4. The number of benzene rings is 3. The Morgan fingerprint density at radius 3 is 2.29 bits per heavy atom. The summed E-state index contributed by atoms with van der Waals surface area (Å²) in [4.78, 5) is 19.5. The summed E-state index contributed by atoms with van der Waals surface area (Å²) in [7, 11) is 1.64. The highest BCUT2D eigenvalue weighted by molar-refractivity contribution is 6.11. The maximum absolute atomic E-state index is 13.1. The molecule has 1 amide bonds. The van der Waals surface area contributed by atoms with E-state index in [-0.39, 0.29) is 5.91 Å². The standard InChI is InChI=1S/C26H20N2O3/c1-30-24-10-6-5-9-22(24)25-23-17-28(26(29)21(23)15-16-27-25)18-11-13-20(14-12-18)31-19-7-3-2-4-8-19/h2-16H,17H2,1H3. The van der Waals surface area contributed by atoms with Crippen LogP contribution < -0.4 is 14.4 Å². The van der Waals surface area contributed by atoms with E-state index in [1.165, 1.54) is 0 Å². The van der Waals surface area contributed by atoms with E-state index >= 15 is 0 Å². The number of para-hydroxylation sites is 2. The van der Waals surface area contributed by atoms with Crippen LogP contribution in [0.4, 0.5) is 5.69 Å². The zero-order chi connectivity index (χ0) is 21.2. The van der Waals surface area contributed by atoms with Crippen LogP contribution in [0.3, 0.4) is 0 Å². The van der Waals surface area contributed by atoms with Crippen molar-refractivity contribution in [3.63, 3.8) is 0 Å². The number of fused-ring (bicyclic) bond motifs is 1. The molecule has 1 aliphatic rings. The molecule has 0 atom stereocenters. The van der Waals surface area contributed by atoms with Gasteiger partial charge in [0.25, 0.3) is 5.91 Å². The van der Waals surface area contributed by atoms with E-state index in [2.05, 4.69) is 4.98 Å². The minimum atomic E-state index is -0.0368. The first-order valence-corrected chi connectivity index (χ1v) is 10.0. The predicted octanol–water partition coefficient (Wildman–Crippen LogP) is 5.71. The molecule has 0 bridgehead atoms. The molecular weight excluding hydrogens is 388 g/mol. The third-order valence-corrected chi connectivity index (χ3v) is 5.34. The first kappa shape index (κ1) is 18.9. The molecule has 0 spiro atoms. The highest BCUT2D eigenvalue weighted by Crippen LogP contribution is 2.37. The Morgan fingerprint density at radius 2 is 1.52 bits per heavy atom. The number of rotatable bonds is 5. The normalized spacial score (nSPS) is 12.5. The average Bonchev–Trinajstić information content (AvgIpc) is 3.17. The fourth-order valence-electron chi connectivity index (χ4n) is 3.83. The fraction of sp³-hybridized carbons (Fsp3) is 0.0769. The Kier molecular flexibility index (Phi) is 4.84. The van der Waals surface area contributed by atoms with E-state index in [1.807, 2.05) is 78.9 Å². The van der Waals surface area contributed by atoms with Crippen molar-refractivity contribution in [2.45, 2.75) is 6.54 Å². The number of aromatic nitrogens is 1. The highest BCUT2D eigenvalue weighted by Gasteiger charge is 2.31. The summed E-state index contributed by atoms with van der Waals surface area (Å²) >= 11 is 0. The van der Waals surface area contributed by atoms with Crippen molar-refractivity contribution < 1.29 is 14.3 Å². The molecule has 0 radical (unpaired) electrons. The number of ether oxygens (including phenoxy) is 2. The van der Waals surface area contributed by atoms with Gasteiger partial charge in [0.15, 0.2) is 0 Å². The summed E-state index contributed by atoms with van der Waals surface area (Å²) in [6.45, 7) is 0.453. The summed E-state index contributed by atoms with van der Waals surface area (Å²) in [5.74, 6) is 2.19. The zero-order valence-electron chi connectivity index (χ0n) is 17.0. The summed E-state index contributed by atoms with van der Waals surface area (Å²) in [6, 6.07) is 26.7. The average molecular weight is 408 g/mol. The molecule has 0 fully saturated rings. The Balaban J connectivity index is 1.44. The van der Waals surface area contributed by atoms with Crippen LogP contribution in [0.2, 0.25) is 0 Å². The van der Waals surface area contributed by atoms with Gasteiger partial charge in [-0.1, -0.05) is 30.3 Å². The molecule has 1 aromatic heterocycles. The third-order valence-electron chi connectivity index (χ3n) is 5.34. The number of nitrogens with zero attached hydrogens (tertiary/aromatic N) is 2. The van der Waals surface area contributed by atoms with Crippen molar-refractivity contribution >= 4 is 11.6 Å². The van der Waals surface area contributed by atoms with Crippen molar-refractivity contribution in [1.82, 2.24) is 4.98 Å². The van der Waals surface area contributed by atoms with Crippen molar-refractivity contribution in [2.24, 2.45) is 0 Å². The number of amides is 1. The quantitative estimate of drug-likeness (QED) is 0.424. The van der Waals surface area contributed by atoms with Gasteiger partial charge >= 0.3 is 0 Å². The fourth-order valence-corrected chi connectivity index (χ4v) is 3.83. The summed E-state index contributed by atoms with van der Waals surface area (Å²) < 4.78 is 11.4. The first-order valence-electron chi connectivity index (χ1n) is 10.0. The summed E-state index contributed by atoms with van der Waals surface area (Å²) in [5, 5.41) is 0. The van der Waals surface area contributed by atoms with Gasteiger partial charge in [0.2, 0.25) is 0 Å². The van der Waals surface area contributed by atoms with Crippen LogP contribution in [0.5, 0.6) is 17.2 Å². The van der Waals surface area contributed by atoms with Gasteiger partial charge in [0, 0.05) is 28.6 Å². The van der Waals surface area contributed by atoms with Crippen molar-refractivity contribution in [1.29, 1.82) is 0 Å². The van der Waals surface area contributed by atoms with E-state index in [0.29, 0.717) is 12.1 Å². The lowest BCUT2D eigenvalue weighted by atomic mass is 10.0. The number of hydrogen-bond donors (Lipinski definition) is 0. The topological polar surface area (TPSA) is 51.7 Å². The summed E-state index contributed by atoms with van der Waals surface area (Å²) in [5.41, 5.74) is 4.03. The van der Waals surface area contributed by atoms with E-state index in [4.69, 9.17) is 9.47 Å². The van der Waals surface area contributed by atoms with Crippen LogP contribution in [-0.4, -0.2) is 18.0 Å². The second-order valence-electron chi connectivity index (χ2n) is 7.19. The zero-order valence-corrected chi connectivity index (χ0v) is 17.0. The number of carbonyl (C=O) groups is 1.